The second-order valence-electron chi connectivity index (χ2n) is 13.3. The second-order valence-corrected chi connectivity index (χ2v) is 13.3. The standard InChI is InChI=1S/C37H41F6N3O/c38-36(39,40)30-23-28(24-31(25-30)37(41,42)43)34(47)46-17-14-32(26-33(46)22-27-10-4-1-5-11-27)44-18-20-45(21-19-44)35(15-8-3-9-16-35)29-12-6-2-7-13-29/h1-2,4-7,10-13,23-25,32-33H,3,8-9,14-22,26H2. The van der Waals surface area contributed by atoms with Crippen molar-refractivity contribution in [3.05, 3.63) is 107 Å². The number of hydrogen-bond acceptors (Lipinski definition) is 3. The first kappa shape index (κ1) is 33.5. The Hall–Kier alpha value is -3.37. The fourth-order valence-corrected chi connectivity index (χ4v) is 8.14. The van der Waals surface area contributed by atoms with Gasteiger partial charge in [0.2, 0.25) is 0 Å². The molecule has 0 spiro atoms. The molecule has 2 atom stereocenters. The predicted octanol–water partition coefficient (Wildman–Crippen LogP) is 8.42. The molecule has 10 heteroatoms. The summed E-state index contributed by atoms with van der Waals surface area (Å²) in [7, 11) is 0. The van der Waals surface area contributed by atoms with Crippen LogP contribution in [0.1, 0.15) is 77.6 Å². The van der Waals surface area contributed by atoms with Gasteiger partial charge in [0.15, 0.2) is 0 Å². The summed E-state index contributed by atoms with van der Waals surface area (Å²) in [6.45, 7) is 3.83. The van der Waals surface area contributed by atoms with Crippen LogP contribution in [0.3, 0.4) is 0 Å². The monoisotopic (exact) mass is 657 g/mol. The van der Waals surface area contributed by atoms with Gasteiger partial charge in [0, 0.05) is 55.9 Å². The van der Waals surface area contributed by atoms with Crippen molar-refractivity contribution < 1.29 is 31.1 Å². The van der Waals surface area contributed by atoms with E-state index in [0.29, 0.717) is 31.4 Å². The van der Waals surface area contributed by atoms with Gasteiger partial charge in [-0.05, 0) is 61.4 Å². The summed E-state index contributed by atoms with van der Waals surface area (Å²) in [6, 6.07) is 21.3. The Morgan fingerprint density at radius 2 is 1.30 bits per heavy atom. The lowest BCUT2D eigenvalue weighted by Gasteiger charge is -2.52. The number of piperidine rings is 1. The zero-order valence-electron chi connectivity index (χ0n) is 26.4. The molecule has 2 aliphatic heterocycles. The molecule has 1 aliphatic carbocycles. The molecule has 0 radical (unpaired) electrons. The summed E-state index contributed by atoms with van der Waals surface area (Å²) in [5.41, 5.74) is -1.16. The van der Waals surface area contributed by atoms with Crippen molar-refractivity contribution in [2.24, 2.45) is 0 Å². The fourth-order valence-electron chi connectivity index (χ4n) is 8.14. The van der Waals surface area contributed by atoms with E-state index in [9.17, 15) is 31.1 Å². The van der Waals surface area contributed by atoms with Crippen LogP contribution in [-0.4, -0.2) is 65.4 Å². The minimum Gasteiger partial charge on any atom is -0.335 e. The van der Waals surface area contributed by atoms with E-state index in [1.165, 1.54) is 29.7 Å². The van der Waals surface area contributed by atoms with Gasteiger partial charge < -0.3 is 4.90 Å². The van der Waals surface area contributed by atoms with E-state index < -0.39 is 35.0 Å². The number of amides is 1. The van der Waals surface area contributed by atoms with Gasteiger partial charge in [-0.25, -0.2) is 0 Å². The molecule has 2 heterocycles. The van der Waals surface area contributed by atoms with Crippen LogP contribution in [0.25, 0.3) is 0 Å². The van der Waals surface area contributed by atoms with Crippen molar-refractivity contribution in [2.75, 3.05) is 32.7 Å². The molecule has 2 saturated heterocycles. The first-order valence-electron chi connectivity index (χ1n) is 16.6. The number of carbonyl (C=O) groups excluding carboxylic acids is 1. The quantitative estimate of drug-likeness (QED) is 0.249. The Bertz CT molecular complexity index is 1460. The van der Waals surface area contributed by atoms with Gasteiger partial charge in [-0.1, -0.05) is 79.9 Å². The highest BCUT2D eigenvalue weighted by atomic mass is 19.4. The van der Waals surface area contributed by atoms with Gasteiger partial charge in [-0.2, -0.15) is 26.3 Å². The number of likely N-dealkylation sites (tertiary alicyclic amines) is 1. The maximum absolute atomic E-state index is 13.8. The average Bonchev–Trinajstić information content (AvgIpc) is 3.08. The van der Waals surface area contributed by atoms with Crippen molar-refractivity contribution in [1.82, 2.24) is 14.7 Å². The van der Waals surface area contributed by atoms with Crippen LogP contribution < -0.4 is 0 Å². The van der Waals surface area contributed by atoms with Gasteiger partial charge >= 0.3 is 12.4 Å². The largest absolute Gasteiger partial charge is 0.416 e. The zero-order valence-corrected chi connectivity index (χ0v) is 26.4. The number of halogens is 6. The summed E-state index contributed by atoms with van der Waals surface area (Å²) >= 11 is 0. The topological polar surface area (TPSA) is 26.8 Å². The van der Waals surface area contributed by atoms with E-state index in [-0.39, 0.29) is 30.2 Å². The van der Waals surface area contributed by atoms with Crippen LogP contribution in [0.2, 0.25) is 0 Å². The normalized spacial score (nSPS) is 23.1. The van der Waals surface area contributed by atoms with Crippen LogP contribution >= 0.6 is 0 Å². The molecule has 2 unspecified atom stereocenters. The van der Waals surface area contributed by atoms with E-state index in [1.807, 2.05) is 30.3 Å². The van der Waals surface area contributed by atoms with E-state index in [2.05, 4.69) is 40.1 Å². The molecule has 252 valence electrons. The number of hydrogen-bond donors (Lipinski definition) is 0. The maximum Gasteiger partial charge on any atom is 0.416 e. The summed E-state index contributed by atoms with van der Waals surface area (Å²) in [6.07, 6.45) is -2.43. The molecule has 47 heavy (non-hydrogen) atoms. The van der Waals surface area contributed by atoms with E-state index in [0.717, 1.165) is 44.6 Å². The Morgan fingerprint density at radius 3 is 1.87 bits per heavy atom. The zero-order chi connectivity index (χ0) is 33.2. The summed E-state index contributed by atoms with van der Waals surface area (Å²) in [4.78, 5) is 20.4. The summed E-state index contributed by atoms with van der Waals surface area (Å²) < 4.78 is 81.8. The molecular weight excluding hydrogens is 616 g/mol. The highest BCUT2D eigenvalue weighted by Gasteiger charge is 2.43. The van der Waals surface area contributed by atoms with Crippen molar-refractivity contribution in [3.8, 4) is 0 Å². The number of nitrogens with zero attached hydrogens (tertiary/aromatic N) is 3. The van der Waals surface area contributed by atoms with E-state index in [4.69, 9.17) is 0 Å². The van der Waals surface area contributed by atoms with Crippen LogP contribution in [0.5, 0.6) is 0 Å². The van der Waals surface area contributed by atoms with Crippen molar-refractivity contribution in [1.29, 1.82) is 0 Å². The van der Waals surface area contributed by atoms with Gasteiger partial charge in [-0.3, -0.25) is 14.6 Å². The Labute approximate surface area is 272 Å². The number of piperazine rings is 1. The number of benzene rings is 3. The second kappa shape index (κ2) is 13.6. The first-order valence-corrected chi connectivity index (χ1v) is 16.6. The molecular formula is C37H41F6N3O. The van der Waals surface area contributed by atoms with Gasteiger partial charge in [0.05, 0.1) is 11.1 Å². The molecule has 1 saturated carbocycles. The molecule has 1 amide bonds. The molecule has 3 fully saturated rings. The summed E-state index contributed by atoms with van der Waals surface area (Å²) in [5.74, 6) is -0.798. The average molecular weight is 658 g/mol. The summed E-state index contributed by atoms with van der Waals surface area (Å²) in [5, 5.41) is 0. The Kier molecular flexibility index (Phi) is 9.72. The van der Waals surface area contributed by atoms with Gasteiger partial charge in [-0.15, -0.1) is 0 Å². The maximum atomic E-state index is 13.8. The van der Waals surface area contributed by atoms with Gasteiger partial charge in [0.1, 0.15) is 0 Å². The molecule has 0 aromatic heterocycles. The van der Waals surface area contributed by atoms with Gasteiger partial charge in [0.25, 0.3) is 5.91 Å². The molecule has 6 rings (SSSR count). The van der Waals surface area contributed by atoms with Crippen molar-refractivity contribution >= 4 is 5.91 Å². The molecule has 3 aromatic rings. The number of carbonyl (C=O) groups is 1. The van der Waals surface area contributed by atoms with Crippen molar-refractivity contribution in [3.63, 3.8) is 0 Å². The third-order valence-electron chi connectivity index (χ3n) is 10.5. The minimum absolute atomic E-state index is 0.0391. The minimum atomic E-state index is -5.02. The van der Waals surface area contributed by atoms with Crippen molar-refractivity contribution in [2.45, 2.75) is 81.3 Å². The highest BCUT2D eigenvalue weighted by Crippen LogP contribution is 2.43. The third kappa shape index (κ3) is 7.38. The van der Waals surface area contributed by atoms with E-state index in [1.54, 1.807) is 0 Å². The lowest BCUT2D eigenvalue weighted by Crippen LogP contribution is -2.60. The Balaban J connectivity index is 1.21. The smallest absolute Gasteiger partial charge is 0.335 e. The highest BCUT2D eigenvalue weighted by molar-refractivity contribution is 5.95. The molecule has 0 N–H and O–H groups in total. The van der Waals surface area contributed by atoms with Crippen LogP contribution in [0, 0.1) is 0 Å². The molecule has 3 aliphatic rings. The molecule has 0 bridgehead atoms. The lowest BCUT2D eigenvalue weighted by atomic mass is 9.75. The molecule has 4 nitrogen and oxygen atoms in total. The third-order valence-corrected chi connectivity index (χ3v) is 10.5. The fraction of sp³-hybridized carbons (Fsp3) is 0.486. The van der Waals surface area contributed by atoms with Crippen LogP contribution in [0.15, 0.2) is 78.9 Å². The molecule has 3 aromatic carbocycles. The van der Waals surface area contributed by atoms with Crippen LogP contribution in [-0.2, 0) is 24.3 Å². The van der Waals surface area contributed by atoms with E-state index >= 15 is 0 Å². The predicted molar refractivity (Wildman–Crippen MR) is 169 cm³/mol. The first-order chi connectivity index (χ1) is 22.4. The number of rotatable bonds is 6. The number of alkyl halides is 6. The lowest BCUT2D eigenvalue weighted by molar-refractivity contribution is -0.143. The Morgan fingerprint density at radius 1 is 0.723 bits per heavy atom. The van der Waals surface area contributed by atoms with Crippen LogP contribution in [0.4, 0.5) is 26.3 Å². The SMILES string of the molecule is O=C(c1cc(C(F)(F)F)cc(C(F)(F)F)c1)N1CCC(N2CCN(C3(c4ccccc4)CCCCC3)CC2)CC1Cc1ccccc1.